The van der Waals surface area contributed by atoms with Gasteiger partial charge < -0.3 is 19.5 Å². The smallest absolute Gasteiger partial charge is 0.311 e. The number of nitrogens with one attached hydrogen (secondary N) is 1. The van der Waals surface area contributed by atoms with E-state index < -0.39 is 28.5 Å². The molecule has 0 radical (unpaired) electrons. The maximum atomic E-state index is 12.6. The Morgan fingerprint density at radius 3 is 2.68 bits per heavy atom. The number of amides is 1. The highest BCUT2D eigenvalue weighted by Crippen LogP contribution is 2.28. The summed E-state index contributed by atoms with van der Waals surface area (Å²) >= 11 is 6.92. The lowest BCUT2D eigenvalue weighted by Crippen LogP contribution is -2.40. The Morgan fingerprint density at radius 2 is 1.97 bits per heavy atom. The average molecular weight is 489 g/mol. The van der Waals surface area contributed by atoms with E-state index in [9.17, 15) is 18.0 Å². The van der Waals surface area contributed by atoms with Crippen molar-refractivity contribution in [3.05, 3.63) is 40.2 Å². The summed E-state index contributed by atoms with van der Waals surface area (Å²) in [6.07, 6.45) is -0.142. The predicted molar refractivity (Wildman–Crippen MR) is 115 cm³/mol. The van der Waals surface area contributed by atoms with Crippen LogP contribution in [0.3, 0.4) is 0 Å². The van der Waals surface area contributed by atoms with Crippen LogP contribution in [0.15, 0.2) is 34.5 Å². The molecule has 1 aliphatic heterocycles. The number of esters is 1. The summed E-state index contributed by atoms with van der Waals surface area (Å²) in [6, 6.07) is 7.77. The third-order valence-electron chi connectivity index (χ3n) is 4.32. The van der Waals surface area contributed by atoms with Gasteiger partial charge in [0.15, 0.2) is 6.61 Å². The minimum absolute atomic E-state index is 0.142. The zero-order valence-corrected chi connectivity index (χ0v) is 19.0. The molecule has 0 bridgehead atoms. The van der Waals surface area contributed by atoms with Gasteiger partial charge in [0.1, 0.15) is 9.96 Å². The van der Waals surface area contributed by atoms with Crippen molar-refractivity contribution in [3.8, 4) is 5.75 Å². The molecule has 0 atom stereocenters. The van der Waals surface area contributed by atoms with E-state index >= 15 is 0 Å². The Balaban J connectivity index is 1.52. The highest BCUT2D eigenvalue weighted by atomic mass is 35.5. The molecule has 12 heteroatoms. The standard InChI is InChI=1S/C19H21ClN2O7S2/c1-27-16-4-2-13(20)10-15(16)21-17(23)12-29-18(24)11-14-3-5-19(30-14)31(25,26)22-6-8-28-9-7-22/h2-5,10H,6-9,11-12H2,1H3,(H,21,23). The Hall–Kier alpha value is -2.18. The van der Waals surface area contributed by atoms with Crippen LogP contribution < -0.4 is 10.1 Å². The number of hydrogen-bond acceptors (Lipinski definition) is 8. The van der Waals surface area contributed by atoms with Crippen molar-refractivity contribution in [2.24, 2.45) is 0 Å². The van der Waals surface area contributed by atoms with Crippen LogP contribution in [0.5, 0.6) is 5.75 Å². The average Bonchev–Trinajstić information content (AvgIpc) is 3.22. The van der Waals surface area contributed by atoms with Crippen LogP contribution in [0.1, 0.15) is 4.88 Å². The molecule has 9 nitrogen and oxygen atoms in total. The molecule has 1 aromatic carbocycles. The molecule has 3 rings (SSSR count). The van der Waals surface area contributed by atoms with Crippen molar-refractivity contribution < 1.29 is 32.2 Å². The fourth-order valence-electron chi connectivity index (χ4n) is 2.81. The molecule has 1 N–H and O–H groups in total. The Bertz CT molecular complexity index is 1050. The number of sulfonamides is 1. The van der Waals surface area contributed by atoms with Crippen LogP contribution in [-0.4, -0.2) is 64.6 Å². The van der Waals surface area contributed by atoms with Crippen molar-refractivity contribution in [3.63, 3.8) is 0 Å². The van der Waals surface area contributed by atoms with Gasteiger partial charge in [-0.05, 0) is 30.3 Å². The number of thiophene rings is 1. The van der Waals surface area contributed by atoms with Gasteiger partial charge in [0.05, 0.1) is 32.4 Å². The van der Waals surface area contributed by atoms with Crippen molar-refractivity contribution in [1.29, 1.82) is 0 Å². The van der Waals surface area contributed by atoms with Crippen molar-refractivity contribution in [2.75, 3.05) is 45.3 Å². The third kappa shape index (κ3) is 6.17. The largest absolute Gasteiger partial charge is 0.495 e. The monoisotopic (exact) mass is 488 g/mol. The lowest BCUT2D eigenvalue weighted by molar-refractivity contribution is -0.146. The van der Waals surface area contributed by atoms with Gasteiger partial charge in [-0.2, -0.15) is 4.31 Å². The number of carbonyl (C=O) groups excluding carboxylic acids is 2. The summed E-state index contributed by atoms with van der Waals surface area (Å²) in [5.74, 6) is -0.794. The zero-order chi connectivity index (χ0) is 22.4. The second kappa shape index (κ2) is 10.4. The number of rotatable bonds is 8. The van der Waals surface area contributed by atoms with Gasteiger partial charge in [0.25, 0.3) is 15.9 Å². The second-order valence-electron chi connectivity index (χ2n) is 6.47. The molecule has 2 heterocycles. The normalized spacial score (nSPS) is 14.8. The van der Waals surface area contributed by atoms with Crippen LogP contribution in [0.2, 0.25) is 5.02 Å². The highest BCUT2D eigenvalue weighted by molar-refractivity contribution is 7.91. The fourth-order valence-corrected chi connectivity index (χ4v) is 5.89. The van der Waals surface area contributed by atoms with E-state index in [1.807, 2.05) is 0 Å². The Morgan fingerprint density at radius 1 is 1.23 bits per heavy atom. The molecule has 2 aromatic rings. The summed E-state index contributed by atoms with van der Waals surface area (Å²) in [4.78, 5) is 24.7. The van der Waals surface area contributed by atoms with E-state index in [-0.39, 0.29) is 10.6 Å². The predicted octanol–water partition coefficient (Wildman–Crippen LogP) is 2.16. The van der Waals surface area contributed by atoms with E-state index in [4.69, 9.17) is 25.8 Å². The number of methoxy groups -OCH3 is 1. The minimum atomic E-state index is -3.61. The lowest BCUT2D eigenvalue weighted by Gasteiger charge is -2.25. The van der Waals surface area contributed by atoms with Gasteiger partial charge in [-0.1, -0.05) is 11.6 Å². The fraction of sp³-hybridized carbons (Fsp3) is 0.368. The number of carbonyl (C=O) groups is 2. The molecule has 31 heavy (non-hydrogen) atoms. The topological polar surface area (TPSA) is 111 Å². The second-order valence-corrected chi connectivity index (χ2v) is 10.2. The van der Waals surface area contributed by atoms with Crippen LogP contribution in [0.25, 0.3) is 0 Å². The first-order valence-electron chi connectivity index (χ1n) is 9.25. The molecular weight excluding hydrogens is 468 g/mol. The Kier molecular flexibility index (Phi) is 7.89. The molecule has 1 aromatic heterocycles. The first-order chi connectivity index (χ1) is 14.8. The first-order valence-corrected chi connectivity index (χ1v) is 11.9. The SMILES string of the molecule is COc1ccc(Cl)cc1NC(=O)COC(=O)Cc1ccc(S(=O)(=O)N2CCOCC2)s1. The number of nitrogens with zero attached hydrogens (tertiary/aromatic N) is 1. The highest BCUT2D eigenvalue weighted by Gasteiger charge is 2.28. The van der Waals surface area contributed by atoms with Crippen molar-refractivity contribution in [1.82, 2.24) is 4.31 Å². The minimum Gasteiger partial charge on any atom is -0.495 e. The third-order valence-corrected chi connectivity index (χ3v) is 8.01. The molecule has 0 saturated carbocycles. The number of halogens is 1. The van der Waals surface area contributed by atoms with Crippen molar-refractivity contribution >= 4 is 50.5 Å². The van der Waals surface area contributed by atoms with Crippen LogP contribution in [0.4, 0.5) is 5.69 Å². The molecule has 1 fully saturated rings. The maximum absolute atomic E-state index is 12.6. The van der Waals surface area contributed by atoms with E-state index in [1.165, 1.54) is 23.5 Å². The summed E-state index contributed by atoms with van der Waals surface area (Å²) in [5, 5.41) is 2.97. The molecule has 1 aliphatic rings. The number of anilines is 1. The summed E-state index contributed by atoms with van der Waals surface area (Å²) < 4.78 is 42.1. The number of hydrogen-bond donors (Lipinski definition) is 1. The molecule has 0 aliphatic carbocycles. The number of benzene rings is 1. The van der Waals surface area contributed by atoms with Crippen LogP contribution >= 0.6 is 22.9 Å². The van der Waals surface area contributed by atoms with Crippen molar-refractivity contribution in [2.45, 2.75) is 10.6 Å². The lowest BCUT2D eigenvalue weighted by atomic mass is 10.3. The van der Waals surface area contributed by atoms with Gasteiger partial charge in [-0.3, -0.25) is 9.59 Å². The zero-order valence-electron chi connectivity index (χ0n) is 16.6. The molecule has 168 valence electrons. The number of ether oxygens (including phenoxy) is 3. The van der Waals surface area contributed by atoms with E-state index in [0.29, 0.717) is 47.6 Å². The van der Waals surface area contributed by atoms with E-state index in [1.54, 1.807) is 18.2 Å². The summed E-state index contributed by atoms with van der Waals surface area (Å²) in [6.45, 7) is 0.799. The summed E-state index contributed by atoms with van der Waals surface area (Å²) in [5.41, 5.74) is 0.354. The van der Waals surface area contributed by atoms with Gasteiger partial charge in [-0.15, -0.1) is 11.3 Å². The molecule has 1 amide bonds. The molecular formula is C19H21ClN2O7S2. The number of morpholine rings is 1. The first kappa shape index (κ1) is 23.5. The van der Waals surface area contributed by atoms with Gasteiger partial charge in [-0.25, -0.2) is 8.42 Å². The van der Waals surface area contributed by atoms with E-state index in [0.717, 1.165) is 11.3 Å². The van der Waals surface area contributed by atoms with Gasteiger partial charge >= 0.3 is 5.97 Å². The summed E-state index contributed by atoms with van der Waals surface area (Å²) in [7, 11) is -2.16. The van der Waals surface area contributed by atoms with Gasteiger partial charge in [0.2, 0.25) is 0 Å². The molecule has 0 unspecified atom stereocenters. The maximum Gasteiger partial charge on any atom is 0.311 e. The van der Waals surface area contributed by atoms with E-state index in [2.05, 4.69) is 5.32 Å². The molecule has 1 saturated heterocycles. The van der Waals surface area contributed by atoms with Crippen LogP contribution in [0, 0.1) is 0 Å². The molecule has 0 spiro atoms. The Labute approximate surface area is 188 Å². The van der Waals surface area contributed by atoms with Gasteiger partial charge in [0, 0.05) is 23.0 Å². The van der Waals surface area contributed by atoms with Crippen LogP contribution in [-0.2, 0) is 35.5 Å². The quantitative estimate of drug-likeness (QED) is 0.567.